The Morgan fingerprint density at radius 2 is 2.00 bits per heavy atom. The summed E-state index contributed by atoms with van der Waals surface area (Å²) in [5, 5.41) is 0. The van der Waals surface area contributed by atoms with E-state index in [1.54, 1.807) is 0 Å². The van der Waals surface area contributed by atoms with Gasteiger partial charge in [-0.2, -0.15) is 0 Å². The molecule has 0 fully saturated rings. The number of benzene rings is 1. The minimum Gasteiger partial charge on any atom is -0.329 e. The van der Waals surface area contributed by atoms with Crippen molar-refractivity contribution < 1.29 is 0 Å². The van der Waals surface area contributed by atoms with Gasteiger partial charge in [-0.15, -0.1) is 0 Å². The molecule has 0 atom stereocenters. The summed E-state index contributed by atoms with van der Waals surface area (Å²) in [7, 11) is 0. The SMILES string of the molecule is CCN(CCN)Cc1cccc(C)c1C. The number of nitrogens with two attached hydrogens (primary N) is 1. The molecule has 0 radical (unpaired) electrons. The van der Waals surface area contributed by atoms with Crippen LogP contribution in [0.4, 0.5) is 0 Å². The Bertz CT molecular complexity index is 307. The van der Waals surface area contributed by atoms with Crippen LogP contribution in [0.15, 0.2) is 18.2 Å². The van der Waals surface area contributed by atoms with E-state index in [0.29, 0.717) is 0 Å². The van der Waals surface area contributed by atoms with E-state index < -0.39 is 0 Å². The fourth-order valence-corrected chi connectivity index (χ4v) is 1.76. The zero-order valence-electron chi connectivity index (χ0n) is 10.1. The minimum atomic E-state index is 0.735. The summed E-state index contributed by atoms with van der Waals surface area (Å²) in [5.41, 5.74) is 9.79. The van der Waals surface area contributed by atoms with Gasteiger partial charge >= 0.3 is 0 Å². The first-order valence-electron chi connectivity index (χ1n) is 5.66. The fourth-order valence-electron chi connectivity index (χ4n) is 1.76. The van der Waals surface area contributed by atoms with E-state index >= 15 is 0 Å². The zero-order valence-corrected chi connectivity index (χ0v) is 10.1. The third-order valence-electron chi connectivity index (χ3n) is 3.00. The molecule has 0 aliphatic carbocycles. The Labute approximate surface area is 93.1 Å². The molecule has 0 aliphatic heterocycles. The van der Waals surface area contributed by atoms with Crippen molar-refractivity contribution in [3.63, 3.8) is 0 Å². The van der Waals surface area contributed by atoms with Crippen molar-refractivity contribution in [2.75, 3.05) is 19.6 Å². The highest BCUT2D eigenvalue weighted by Crippen LogP contribution is 2.14. The average Bonchev–Trinajstić information content (AvgIpc) is 2.24. The standard InChI is InChI=1S/C13H22N2/c1-4-15(9-8-14)10-13-7-5-6-11(2)12(13)3/h5-7H,4,8-10,14H2,1-3H3. The maximum Gasteiger partial charge on any atom is 0.0236 e. The summed E-state index contributed by atoms with van der Waals surface area (Å²) in [6.07, 6.45) is 0. The Morgan fingerprint density at radius 1 is 1.27 bits per heavy atom. The van der Waals surface area contributed by atoms with Gasteiger partial charge < -0.3 is 5.73 Å². The second kappa shape index (κ2) is 5.89. The molecular weight excluding hydrogens is 184 g/mol. The van der Waals surface area contributed by atoms with Crippen LogP contribution in [0, 0.1) is 13.8 Å². The first kappa shape index (κ1) is 12.2. The number of aryl methyl sites for hydroxylation is 1. The number of hydrogen-bond acceptors (Lipinski definition) is 2. The van der Waals surface area contributed by atoms with Gasteiger partial charge in [0.2, 0.25) is 0 Å². The first-order valence-corrected chi connectivity index (χ1v) is 5.66. The molecule has 0 spiro atoms. The van der Waals surface area contributed by atoms with Crippen molar-refractivity contribution in [1.29, 1.82) is 0 Å². The summed E-state index contributed by atoms with van der Waals surface area (Å²) in [4.78, 5) is 2.38. The molecule has 0 aromatic heterocycles. The molecule has 15 heavy (non-hydrogen) atoms. The third kappa shape index (κ3) is 3.33. The third-order valence-corrected chi connectivity index (χ3v) is 3.00. The Kier molecular flexibility index (Phi) is 4.79. The minimum absolute atomic E-state index is 0.735. The molecule has 0 unspecified atom stereocenters. The molecule has 84 valence electrons. The van der Waals surface area contributed by atoms with E-state index in [-0.39, 0.29) is 0 Å². The summed E-state index contributed by atoms with van der Waals surface area (Å²) >= 11 is 0. The molecule has 2 heteroatoms. The van der Waals surface area contributed by atoms with Gasteiger partial charge in [-0.3, -0.25) is 4.90 Å². The summed E-state index contributed by atoms with van der Waals surface area (Å²) < 4.78 is 0. The molecular formula is C13H22N2. The highest BCUT2D eigenvalue weighted by atomic mass is 15.1. The van der Waals surface area contributed by atoms with Crippen LogP contribution in [0.1, 0.15) is 23.6 Å². The molecule has 1 aromatic rings. The lowest BCUT2D eigenvalue weighted by Gasteiger charge is -2.21. The van der Waals surface area contributed by atoms with Crippen LogP contribution in [0.5, 0.6) is 0 Å². The molecule has 1 rings (SSSR count). The predicted octanol–water partition coefficient (Wildman–Crippen LogP) is 2.08. The van der Waals surface area contributed by atoms with Crippen LogP contribution >= 0.6 is 0 Å². The lowest BCUT2D eigenvalue weighted by atomic mass is 10.0. The molecule has 0 saturated heterocycles. The summed E-state index contributed by atoms with van der Waals surface area (Å²) in [6.45, 7) is 10.3. The first-order chi connectivity index (χ1) is 7.19. The molecule has 0 amide bonds. The highest BCUT2D eigenvalue weighted by Gasteiger charge is 2.05. The smallest absolute Gasteiger partial charge is 0.0236 e. The van der Waals surface area contributed by atoms with Gasteiger partial charge in [0.05, 0.1) is 0 Å². The zero-order chi connectivity index (χ0) is 11.3. The van der Waals surface area contributed by atoms with Crippen molar-refractivity contribution in [1.82, 2.24) is 4.90 Å². The maximum absolute atomic E-state index is 5.58. The number of likely N-dealkylation sites (N-methyl/N-ethyl adjacent to an activating group) is 1. The van der Waals surface area contributed by atoms with Crippen LogP contribution in [-0.4, -0.2) is 24.5 Å². The van der Waals surface area contributed by atoms with Gasteiger partial charge in [-0.1, -0.05) is 25.1 Å². The summed E-state index contributed by atoms with van der Waals surface area (Å²) in [5.74, 6) is 0. The van der Waals surface area contributed by atoms with Crippen LogP contribution < -0.4 is 5.73 Å². The molecule has 2 nitrogen and oxygen atoms in total. The molecule has 0 saturated carbocycles. The van der Waals surface area contributed by atoms with Gasteiger partial charge in [0.25, 0.3) is 0 Å². The number of nitrogens with zero attached hydrogens (tertiary/aromatic N) is 1. The van der Waals surface area contributed by atoms with Crippen molar-refractivity contribution in [3.8, 4) is 0 Å². The highest BCUT2D eigenvalue weighted by molar-refractivity contribution is 5.32. The quantitative estimate of drug-likeness (QED) is 0.799. The monoisotopic (exact) mass is 206 g/mol. The van der Waals surface area contributed by atoms with Crippen LogP contribution in [-0.2, 0) is 6.54 Å². The number of hydrogen-bond donors (Lipinski definition) is 1. The van der Waals surface area contributed by atoms with Crippen molar-refractivity contribution in [2.45, 2.75) is 27.3 Å². The average molecular weight is 206 g/mol. The van der Waals surface area contributed by atoms with Crippen molar-refractivity contribution in [2.24, 2.45) is 5.73 Å². The van der Waals surface area contributed by atoms with E-state index in [2.05, 4.69) is 43.9 Å². The Morgan fingerprint density at radius 3 is 2.60 bits per heavy atom. The Balaban J connectivity index is 2.74. The van der Waals surface area contributed by atoms with Gasteiger partial charge in [0.1, 0.15) is 0 Å². The molecule has 2 N–H and O–H groups in total. The lowest BCUT2D eigenvalue weighted by Crippen LogP contribution is -2.29. The van der Waals surface area contributed by atoms with E-state index in [1.165, 1.54) is 16.7 Å². The predicted molar refractivity (Wildman–Crippen MR) is 65.9 cm³/mol. The molecule has 0 bridgehead atoms. The van der Waals surface area contributed by atoms with Gasteiger partial charge in [0, 0.05) is 19.6 Å². The van der Waals surface area contributed by atoms with E-state index in [1.807, 2.05) is 0 Å². The number of rotatable bonds is 5. The van der Waals surface area contributed by atoms with Crippen LogP contribution in [0.25, 0.3) is 0 Å². The normalized spacial score (nSPS) is 11.0. The molecule has 0 aliphatic rings. The molecule has 1 aromatic carbocycles. The van der Waals surface area contributed by atoms with Gasteiger partial charge in [0.15, 0.2) is 0 Å². The van der Waals surface area contributed by atoms with E-state index in [0.717, 1.165) is 26.2 Å². The second-order valence-corrected chi connectivity index (χ2v) is 4.02. The topological polar surface area (TPSA) is 29.3 Å². The van der Waals surface area contributed by atoms with Crippen LogP contribution in [0.3, 0.4) is 0 Å². The fraction of sp³-hybridized carbons (Fsp3) is 0.538. The van der Waals surface area contributed by atoms with Gasteiger partial charge in [-0.05, 0) is 37.1 Å². The molecule has 0 heterocycles. The van der Waals surface area contributed by atoms with Gasteiger partial charge in [-0.25, -0.2) is 0 Å². The van der Waals surface area contributed by atoms with Crippen molar-refractivity contribution >= 4 is 0 Å². The summed E-state index contributed by atoms with van der Waals surface area (Å²) in [6, 6.07) is 6.51. The lowest BCUT2D eigenvalue weighted by molar-refractivity contribution is 0.287. The largest absolute Gasteiger partial charge is 0.329 e. The maximum atomic E-state index is 5.58. The van der Waals surface area contributed by atoms with E-state index in [9.17, 15) is 0 Å². The Hall–Kier alpha value is -0.860. The van der Waals surface area contributed by atoms with Crippen LogP contribution in [0.2, 0.25) is 0 Å². The van der Waals surface area contributed by atoms with E-state index in [4.69, 9.17) is 5.73 Å². The second-order valence-electron chi connectivity index (χ2n) is 4.02. The van der Waals surface area contributed by atoms with Crippen molar-refractivity contribution in [3.05, 3.63) is 34.9 Å².